The molecule has 0 aliphatic carbocycles. The van der Waals surface area contributed by atoms with Crippen molar-refractivity contribution in [2.45, 2.75) is 32.4 Å². The summed E-state index contributed by atoms with van der Waals surface area (Å²) in [4.78, 5) is 16.6. The number of imidazole rings is 1. The van der Waals surface area contributed by atoms with Crippen LogP contribution >= 0.6 is 0 Å². The van der Waals surface area contributed by atoms with Gasteiger partial charge in [-0.15, -0.1) is 0 Å². The molecule has 2 unspecified atom stereocenters. The van der Waals surface area contributed by atoms with Crippen LogP contribution in [0.25, 0.3) is 11.0 Å². The van der Waals surface area contributed by atoms with E-state index >= 15 is 0 Å². The fourth-order valence-electron chi connectivity index (χ4n) is 1.89. The SMILES string of the molecule is CCC(O)CNC(C)c1ccc2[nH]c(=O)[nH]c2c1. The number of aromatic amines is 2. The van der Waals surface area contributed by atoms with E-state index in [9.17, 15) is 9.90 Å². The Hall–Kier alpha value is -1.59. The minimum atomic E-state index is -0.316. The second-order valence-corrected chi connectivity index (χ2v) is 4.58. The summed E-state index contributed by atoms with van der Waals surface area (Å²) in [5, 5.41) is 12.8. The van der Waals surface area contributed by atoms with Gasteiger partial charge < -0.3 is 20.4 Å². The van der Waals surface area contributed by atoms with Gasteiger partial charge in [0, 0.05) is 12.6 Å². The zero-order valence-electron chi connectivity index (χ0n) is 10.7. The highest BCUT2D eigenvalue weighted by Gasteiger charge is 2.08. The molecule has 2 aromatic rings. The molecule has 2 rings (SSSR count). The highest BCUT2D eigenvalue weighted by atomic mass is 16.3. The van der Waals surface area contributed by atoms with Crippen LogP contribution in [0.4, 0.5) is 0 Å². The van der Waals surface area contributed by atoms with Gasteiger partial charge in [-0.3, -0.25) is 0 Å². The molecule has 0 radical (unpaired) electrons. The van der Waals surface area contributed by atoms with Gasteiger partial charge in [0.2, 0.25) is 0 Å². The predicted molar refractivity (Wildman–Crippen MR) is 71.6 cm³/mol. The molecule has 4 N–H and O–H groups in total. The zero-order valence-corrected chi connectivity index (χ0v) is 10.7. The molecule has 5 heteroatoms. The van der Waals surface area contributed by atoms with Crippen molar-refractivity contribution in [2.75, 3.05) is 6.54 Å². The van der Waals surface area contributed by atoms with Crippen molar-refractivity contribution in [3.63, 3.8) is 0 Å². The van der Waals surface area contributed by atoms with Crippen LogP contribution in [0.2, 0.25) is 0 Å². The molecule has 0 bridgehead atoms. The zero-order chi connectivity index (χ0) is 13.1. The molecule has 0 aliphatic rings. The molecule has 1 aromatic carbocycles. The normalized spacial score (nSPS) is 14.8. The number of fused-ring (bicyclic) bond motifs is 1. The van der Waals surface area contributed by atoms with Gasteiger partial charge in [0.05, 0.1) is 17.1 Å². The number of hydrogen-bond donors (Lipinski definition) is 4. The summed E-state index contributed by atoms with van der Waals surface area (Å²) in [5.74, 6) is 0. The number of benzene rings is 1. The number of aliphatic hydroxyl groups excluding tert-OH is 1. The van der Waals surface area contributed by atoms with Gasteiger partial charge in [-0.25, -0.2) is 4.79 Å². The molecule has 0 fully saturated rings. The van der Waals surface area contributed by atoms with Crippen molar-refractivity contribution in [3.8, 4) is 0 Å². The predicted octanol–water partition coefficient (Wildman–Crippen LogP) is 1.28. The molecule has 0 aliphatic heterocycles. The molecular formula is C13H19N3O2. The lowest BCUT2D eigenvalue weighted by Crippen LogP contribution is -2.28. The van der Waals surface area contributed by atoms with Crippen LogP contribution in [0.5, 0.6) is 0 Å². The van der Waals surface area contributed by atoms with Gasteiger partial charge >= 0.3 is 5.69 Å². The Morgan fingerprint density at radius 1 is 1.33 bits per heavy atom. The Kier molecular flexibility index (Phi) is 3.84. The van der Waals surface area contributed by atoms with Crippen LogP contribution in [0.1, 0.15) is 31.9 Å². The van der Waals surface area contributed by atoms with Crippen LogP contribution < -0.4 is 11.0 Å². The Labute approximate surface area is 105 Å². The summed E-state index contributed by atoms with van der Waals surface area (Å²) in [5.41, 5.74) is 2.51. The van der Waals surface area contributed by atoms with Gasteiger partial charge in [0.15, 0.2) is 0 Å². The fourth-order valence-corrected chi connectivity index (χ4v) is 1.89. The molecule has 18 heavy (non-hydrogen) atoms. The maximum Gasteiger partial charge on any atom is 0.323 e. The minimum Gasteiger partial charge on any atom is -0.392 e. The molecule has 1 aromatic heterocycles. The smallest absolute Gasteiger partial charge is 0.323 e. The highest BCUT2D eigenvalue weighted by Crippen LogP contribution is 2.16. The molecule has 2 atom stereocenters. The lowest BCUT2D eigenvalue weighted by atomic mass is 10.1. The molecule has 0 saturated heterocycles. The Morgan fingerprint density at radius 2 is 2.06 bits per heavy atom. The second kappa shape index (κ2) is 5.37. The average Bonchev–Trinajstić information content (AvgIpc) is 2.74. The van der Waals surface area contributed by atoms with Crippen molar-refractivity contribution in [1.82, 2.24) is 15.3 Å². The summed E-state index contributed by atoms with van der Waals surface area (Å²) in [6.45, 7) is 4.56. The molecule has 0 amide bonds. The molecule has 0 saturated carbocycles. The first-order chi connectivity index (χ1) is 8.60. The van der Waals surface area contributed by atoms with Gasteiger partial charge in [-0.1, -0.05) is 13.0 Å². The molecule has 1 heterocycles. The Balaban J connectivity index is 2.12. The standard InChI is InChI=1S/C13H19N3O2/c1-3-10(17)7-14-8(2)9-4-5-11-12(6-9)16-13(18)15-11/h4-6,8,10,14,17H,3,7H2,1-2H3,(H2,15,16,18). The Morgan fingerprint density at radius 3 is 2.78 bits per heavy atom. The number of H-pyrrole nitrogens is 2. The first-order valence-corrected chi connectivity index (χ1v) is 6.23. The summed E-state index contributed by atoms with van der Waals surface area (Å²) < 4.78 is 0. The van der Waals surface area contributed by atoms with E-state index in [2.05, 4.69) is 15.3 Å². The lowest BCUT2D eigenvalue weighted by molar-refractivity contribution is 0.164. The van der Waals surface area contributed by atoms with Crippen LogP contribution in [0.15, 0.2) is 23.0 Å². The van der Waals surface area contributed by atoms with Crippen molar-refractivity contribution >= 4 is 11.0 Å². The average molecular weight is 249 g/mol. The molecule has 98 valence electrons. The van der Waals surface area contributed by atoms with Crippen molar-refractivity contribution in [1.29, 1.82) is 0 Å². The van der Waals surface area contributed by atoms with Crippen LogP contribution in [0, 0.1) is 0 Å². The fraction of sp³-hybridized carbons (Fsp3) is 0.462. The van der Waals surface area contributed by atoms with E-state index in [4.69, 9.17) is 0 Å². The van der Waals surface area contributed by atoms with Gasteiger partial charge in [0.25, 0.3) is 0 Å². The van der Waals surface area contributed by atoms with Crippen LogP contribution in [-0.4, -0.2) is 27.7 Å². The number of hydrogen-bond acceptors (Lipinski definition) is 3. The summed E-state index contributed by atoms with van der Waals surface area (Å²) in [6, 6.07) is 5.94. The molecule has 5 nitrogen and oxygen atoms in total. The minimum absolute atomic E-state index is 0.133. The Bertz CT molecular complexity index is 573. The van der Waals surface area contributed by atoms with Gasteiger partial charge in [0.1, 0.15) is 0 Å². The van der Waals surface area contributed by atoms with Crippen LogP contribution in [0.3, 0.4) is 0 Å². The largest absolute Gasteiger partial charge is 0.392 e. The number of aromatic nitrogens is 2. The number of nitrogens with one attached hydrogen (secondary N) is 3. The van der Waals surface area contributed by atoms with Crippen molar-refractivity contribution in [3.05, 3.63) is 34.2 Å². The summed E-state index contributed by atoms with van der Waals surface area (Å²) in [6.07, 6.45) is 0.424. The maximum atomic E-state index is 11.2. The third-order valence-corrected chi connectivity index (χ3v) is 3.17. The van der Waals surface area contributed by atoms with E-state index in [-0.39, 0.29) is 17.8 Å². The molecular weight excluding hydrogens is 230 g/mol. The first-order valence-electron chi connectivity index (χ1n) is 6.23. The van der Waals surface area contributed by atoms with E-state index in [1.807, 2.05) is 32.0 Å². The van der Waals surface area contributed by atoms with E-state index in [0.717, 1.165) is 23.0 Å². The lowest BCUT2D eigenvalue weighted by Gasteiger charge is -2.16. The third-order valence-electron chi connectivity index (χ3n) is 3.17. The third kappa shape index (κ3) is 2.80. The maximum absolute atomic E-state index is 11.2. The molecule has 0 spiro atoms. The van der Waals surface area contributed by atoms with Gasteiger partial charge in [-0.2, -0.15) is 0 Å². The van der Waals surface area contributed by atoms with E-state index < -0.39 is 0 Å². The van der Waals surface area contributed by atoms with Crippen molar-refractivity contribution < 1.29 is 5.11 Å². The highest BCUT2D eigenvalue weighted by molar-refractivity contribution is 5.75. The monoisotopic (exact) mass is 249 g/mol. The van der Waals surface area contributed by atoms with Gasteiger partial charge in [-0.05, 0) is 31.0 Å². The number of aliphatic hydroxyl groups is 1. The van der Waals surface area contributed by atoms with E-state index in [0.29, 0.717) is 6.54 Å². The quantitative estimate of drug-likeness (QED) is 0.644. The number of rotatable bonds is 5. The van der Waals surface area contributed by atoms with Crippen LogP contribution in [-0.2, 0) is 0 Å². The van der Waals surface area contributed by atoms with Crippen molar-refractivity contribution in [2.24, 2.45) is 0 Å². The van der Waals surface area contributed by atoms with E-state index in [1.54, 1.807) is 0 Å². The first kappa shape index (κ1) is 12.9. The van der Waals surface area contributed by atoms with E-state index in [1.165, 1.54) is 0 Å². The topological polar surface area (TPSA) is 80.9 Å². The second-order valence-electron chi connectivity index (χ2n) is 4.58. The summed E-state index contributed by atoms with van der Waals surface area (Å²) >= 11 is 0. The summed E-state index contributed by atoms with van der Waals surface area (Å²) in [7, 11) is 0.